The van der Waals surface area contributed by atoms with Gasteiger partial charge in [0.05, 0.1) is 12.3 Å². The molecular formula is C17H17N5. The van der Waals surface area contributed by atoms with Crippen molar-refractivity contribution in [3.63, 3.8) is 0 Å². The molecule has 5 heteroatoms. The molecule has 0 spiro atoms. The molecule has 22 heavy (non-hydrogen) atoms. The van der Waals surface area contributed by atoms with Gasteiger partial charge >= 0.3 is 0 Å². The van der Waals surface area contributed by atoms with E-state index in [1.165, 1.54) is 5.56 Å². The van der Waals surface area contributed by atoms with Crippen molar-refractivity contribution in [3.05, 3.63) is 71.8 Å². The number of likely N-dealkylation sites (N-methyl/N-ethyl adjacent to an activating group) is 1. The Labute approximate surface area is 129 Å². The van der Waals surface area contributed by atoms with Gasteiger partial charge in [0.1, 0.15) is 0 Å². The SMILES string of the molecule is CN1N=NN2CC(c3ccccc3)=NC12Cc1ccccc1. The smallest absolute Gasteiger partial charge is 0.236 e. The van der Waals surface area contributed by atoms with E-state index in [0.717, 1.165) is 17.7 Å². The summed E-state index contributed by atoms with van der Waals surface area (Å²) in [5.41, 5.74) is 3.43. The lowest BCUT2D eigenvalue weighted by Crippen LogP contribution is -2.49. The largest absolute Gasteiger partial charge is 0.246 e. The molecule has 2 aromatic carbocycles. The second-order valence-electron chi connectivity index (χ2n) is 5.62. The Kier molecular flexibility index (Phi) is 2.92. The predicted molar refractivity (Wildman–Crippen MR) is 85.2 cm³/mol. The fourth-order valence-electron chi connectivity index (χ4n) is 3.00. The monoisotopic (exact) mass is 291 g/mol. The van der Waals surface area contributed by atoms with Gasteiger partial charge in [0.2, 0.25) is 5.79 Å². The molecule has 0 radical (unpaired) electrons. The summed E-state index contributed by atoms with van der Waals surface area (Å²) in [6.45, 7) is 0.685. The Morgan fingerprint density at radius 2 is 1.64 bits per heavy atom. The summed E-state index contributed by atoms with van der Waals surface area (Å²) < 4.78 is 0. The second-order valence-corrected chi connectivity index (χ2v) is 5.62. The molecule has 2 aliphatic rings. The number of nitrogens with zero attached hydrogens (tertiary/aromatic N) is 5. The van der Waals surface area contributed by atoms with Crippen LogP contribution in [0, 0.1) is 0 Å². The van der Waals surface area contributed by atoms with E-state index in [4.69, 9.17) is 4.99 Å². The van der Waals surface area contributed by atoms with Gasteiger partial charge in [-0.05, 0) is 21.6 Å². The molecule has 0 N–H and O–H groups in total. The average molecular weight is 291 g/mol. The molecule has 2 aromatic rings. The highest BCUT2D eigenvalue weighted by atomic mass is 15.9. The molecule has 0 aliphatic carbocycles. The molecule has 0 bridgehead atoms. The highest BCUT2D eigenvalue weighted by Gasteiger charge is 2.49. The van der Waals surface area contributed by atoms with Gasteiger partial charge in [-0.15, -0.1) is 0 Å². The van der Waals surface area contributed by atoms with Crippen molar-refractivity contribution in [2.24, 2.45) is 15.4 Å². The lowest BCUT2D eigenvalue weighted by atomic mass is 10.1. The van der Waals surface area contributed by atoms with E-state index >= 15 is 0 Å². The summed E-state index contributed by atoms with van der Waals surface area (Å²) in [6.07, 6.45) is 0.758. The van der Waals surface area contributed by atoms with Crippen molar-refractivity contribution >= 4 is 5.71 Å². The highest BCUT2D eigenvalue weighted by molar-refractivity contribution is 6.03. The number of fused-ring (bicyclic) bond motifs is 1. The molecule has 1 atom stereocenters. The molecule has 0 amide bonds. The van der Waals surface area contributed by atoms with Crippen LogP contribution in [-0.2, 0) is 6.42 Å². The minimum absolute atomic E-state index is 0.535. The maximum atomic E-state index is 5.01. The molecule has 0 saturated heterocycles. The number of rotatable bonds is 3. The van der Waals surface area contributed by atoms with E-state index in [0.29, 0.717) is 6.54 Å². The highest BCUT2D eigenvalue weighted by Crippen LogP contribution is 2.36. The summed E-state index contributed by atoms with van der Waals surface area (Å²) in [6, 6.07) is 20.7. The van der Waals surface area contributed by atoms with Crippen LogP contribution in [0.4, 0.5) is 0 Å². The van der Waals surface area contributed by atoms with Crippen LogP contribution in [0.1, 0.15) is 11.1 Å². The van der Waals surface area contributed by atoms with Crippen molar-refractivity contribution in [1.29, 1.82) is 0 Å². The third-order valence-electron chi connectivity index (χ3n) is 4.22. The van der Waals surface area contributed by atoms with Gasteiger partial charge in [0, 0.05) is 13.5 Å². The zero-order chi connectivity index (χ0) is 15.0. The standard InChI is InChI=1S/C17H17N5/c1-21-17(12-14-8-4-2-5-9-14)18-16(13-22(17)20-19-21)15-10-6-3-7-11-15/h2-11H,12-13H2,1H3. The number of hydrogen-bond acceptors (Lipinski definition) is 5. The van der Waals surface area contributed by atoms with Crippen molar-refractivity contribution in [2.45, 2.75) is 12.2 Å². The van der Waals surface area contributed by atoms with Crippen molar-refractivity contribution in [3.8, 4) is 0 Å². The van der Waals surface area contributed by atoms with Gasteiger partial charge in [0.15, 0.2) is 0 Å². The third-order valence-corrected chi connectivity index (χ3v) is 4.22. The molecule has 2 aliphatic heterocycles. The van der Waals surface area contributed by atoms with E-state index in [2.05, 4.69) is 46.8 Å². The second kappa shape index (κ2) is 4.94. The first-order valence-corrected chi connectivity index (χ1v) is 7.39. The molecule has 110 valence electrons. The fourth-order valence-corrected chi connectivity index (χ4v) is 3.00. The van der Waals surface area contributed by atoms with E-state index < -0.39 is 5.79 Å². The minimum Gasteiger partial charge on any atom is -0.236 e. The number of benzene rings is 2. The van der Waals surface area contributed by atoms with Crippen LogP contribution in [0.3, 0.4) is 0 Å². The lowest BCUT2D eigenvalue weighted by molar-refractivity contribution is 0.0394. The summed E-state index contributed by atoms with van der Waals surface area (Å²) in [7, 11) is 1.93. The molecule has 2 heterocycles. The quantitative estimate of drug-likeness (QED) is 0.872. The van der Waals surface area contributed by atoms with E-state index in [1.54, 1.807) is 0 Å². The molecule has 1 unspecified atom stereocenters. The maximum Gasteiger partial charge on any atom is 0.246 e. The number of aliphatic imine (C=N–C) groups is 1. The molecule has 5 nitrogen and oxygen atoms in total. The molecule has 0 fully saturated rings. The van der Waals surface area contributed by atoms with Gasteiger partial charge < -0.3 is 0 Å². The molecular weight excluding hydrogens is 274 g/mol. The van der Waals surface area contributed by atoms with Crippen molar-refractivity contribution in [1.82, 2.24) is 10.0 Å². The van der Waals surface area contributed by atoms with E-state index in [1.807, 2.05) is 41.3 Å². The van der Waals surface area contributed by atoms with Crippen LogP contribution in [-0.4, -0.2) is 35.1 Å². The predicted octanol–water partition coefficient (Wildman–Crippen LogP) is 2.92. The van der Waals surface area contributed by atoms with Crippen LogP contribution in [0.25, 0.3) is 0 Å². The van der Waals surface area contributed by atoms with Crippen LogP contribution in [0.15, 0.2) is 76.1 Å². The molecule has 0 aromatic heterocycles. The first-order chi connectivity index (χ1) is 10.8. The summed E-state index contributed by atoms with van der Waals surface area (Å²) >= 11 is 0. The van der Waals surface area contributed by atoms with Gasteiger partial charge in [-0.3, -0.25) is 0 Å². The first-order valence-electron chi connectivity index (χ1n) is 7.39. The van der Waals surface area contributed by atoms with Crippen LogP contribution in [0.5, 0.6) is 0 Å². The fraction of sp³-hybridized carbons (Fsp3) is 0.235. The van der Waals surface area contributed by atoms with E-state index in [9.17, 15) is 0 Å². The summed E-state index contributed by atoms with van der Waals surface area (Å²) in [5, 5.41) is 12.3. The van der Waals surface area contributed by atoms with E-state index in [-0.39, 0.29) is 0 Å². The Morgan fingerprint density at radius 1 is 0.955 bits per heavy atom. The Morgan fingerprint density at radius 3 is 2.36 bits per heavy atom. The van der Waals surface area contributed by atoms with Crippen molar-refractivity contribution in [2.75, 3.05) is 13.6 Å². The van der Waals surface area contributed by atoms with Gasteiger partial charge in [0.25, 0.3) is 0 Å². The molecule has 4 rings (SSSR count). The van der Waals surface area contributed by atoms with Crippen LogP contribution >= 0.6 is 0 Å². The normalized spacial score (nSPS) is 22.9. The summed E-state index contributed by atoms with van der Waals surface area (Å²) in [4.78, 5) is 5.01. The molecule has 0 saturated carbocycles. The maximum absolute atomic E-state index is 5.01. The van der Waals surface area contributed by atoms with Crippen LogP contribution < -0.4 is 0 Å². The Hall–Kier alpha value is -2.69. The van der Waals surface area contributed by atoms with Gasteiger partial charge in [-0.2, -0.15) is 0 Å². The zero-order valence-electron chi connectivity index (χ0n) is 12.4. The Balaban J connectivity index is 1.72. The summed E-state index contributed by atoms with van der Waals surface area (Å²) in [5.74, 6) is -0.535. The average Bonchev–Trinajstić information content (AvgIpc) is 3.06. The first kappa shape index (κ1) is 13.0. The minimum atomic E-state index is -0.535. The van der Waals surface area contributed by atoms with Gasteiger partial charge in [-0.1, -0.05) is 60.7 Å². The third kappa shape index (κ3) is 1.97. The van der Waals surface area contributed by atoms with Crippen molar-refractivity contribution < 1.29 is 0 Å². The number of hydrogen-bond donors (Lipinski definition) is 0. The zero-order valence-corrected chi connectivity index (χ0v) is 12.4. The lowest BCUT2D eigenvalue weighted by Gasteiger charge is -2.32. The van der Waals surface area contributed by atoms with Gasteiger partial charge in [-0.25, -0.2) is 15.0 Å². The Bertz CT molecular complexity index is 725. The topological polar surface area (TPSA) is 43.6 Å². The van der Waals surface area contributed by atoms with Crippen LogP contribution in [0.2, 0.25) is 0 Å².